The van der Waals surface area contributed by atoms with E-state index in [9.17, 15) is 51.9 Å². The highest BCUT2D eigenvalue weighted by Crippen LogP contribution is 2.21. The van der Waals surface area contributed by atoms with E-state index in [1.807, 2.05) is 25.1 Å². The summed E-state index contributed by atoms with van der Waals surface area (Å²) in [6.45, 7) is 4.70. The van der Waals surface area contributed by atoms with Crippen LogP contribution in [0.5, 0.6) is 5.75 Å². The molecule has 0 saturated heterocycles. The Morgan fingerprint density at radius 3 is 2.00 bits per heavy atom. The van der Waals surface area contributed by atoms with Crippen LogP contribution in [0.2, 0.25) is 0 Å². The number of carbonyl (C=O) groups excluding carboxylic acids is 7. The van der Waals surface area contributed by atoms with Crippen molar-refractivity contribution in [1.82, 2.24) is 36.1 Å². The number of nitrogens with one attached hydrogen (secondary N) is 5. The zero-order valence-corrected chi connectivity index (χ0v) is 40.5. The molecule has 1 heterocycles. The molecule has 0 fully saturated rings. The first-order valence-electron chi connectivity index (χ1n) is 22.7. The van der Waals surface area contributed by atoms with Gasteiger partial charge in [0.05, 0.1) is 19.4 Å². The lowest BCUT2D eigenvalue weighted by atomic mass is 9.95. The molecule has 4 aromatic rings. The number of rotatable bonds is 27. The Kier molecular flexibility index (Phi) is 20.4. The zero-order chi connectivity index (χ0) is 51.7. The van der Waals surface area contributed by atoms with E-state index in [1.54, 1.807) is 56.4 Å². The molecular weight excluding hydrogens is 929 g/mol. The highest BCUT2D eigenvalue weighted by atomic mass is 32.3. The van der Waals surface area contributed by atoms with Gasteiger partial charge in [-0.15, -0.1) is 0 Å². The molecule has 0 aliphatic heterocycles. The van der Waals surface area contributed by atoms with Gasteiger partial charge in [0.1, 0.15) is 36.0 Å². The summed E-state index contributed by atoms with van der Waals surface area (Å²) in [6, 6.07) is 14.7. The molecule has 0 unspecified atom stereocenters. The summed E-state index contributed by atoms with van der Waals surface area (Å²) in [4.78, 5) is 113. The number of aliphatic carboxylic acids is 1. The molecular formula is C48H62N8O13S. The number of H-pyrrole nitrogens is 1. The van der Waals surface area contributed by atoms with Crippen molar-refractivity contribution < 1.29 is 60.6 Å². The Bertz CT molecular complexity index is 2590. The third-order valence-corrected chi connectivity index (χ3v) is 12.2. The summed E-state index contributed by atoms with van der Waals surface area (Å²) in [5.41, 5.74) is 8.21. The number of hydrogen-bond acceptors (Lipinski definition) is 11. The highest BCUT2D eigenvalue weighted by Gasteiger charge is 2.40. The standard InChI is InChI=1S/C48H62N8O13S/c1-6-8-17-36(52-40(57)24-31-19-21-33(22-20-31)69-70(66,67)68)45(62)51-28-41(58)53-37(25-32-27-50-35-18-13-12-16-34(32)35)46(63)54-43(29(3)7-2)48(65)56(5)39(26-42(59)60)47(64)55(4)38(44(49)61)23-30-14-10-9-11-15-30/h9-16,18-22,27,29,36-39,43,50H,6-8,17,23-26,28H2,1-5H3,(H2,49,61)(H,51,62)(H,52,57)(H,53,58)(H,54,63)(H,59,60)(H,66,67,68)/t29-,36-,37-,38-,39-,43-/m0/s1. The second kappa shape index (κ2) is 25.9. The largest absolute Gasteiger partial charge is 0.481 e. The van der Waals surface area contributed by atoms with Gasteiger partial charge in [0.2, 0.25) is 41.4 Å². The fourth-order valence-electron chi connectivity index (χ4n) is 7.68. The van der Waals surface area contributed by atoms with E-state index in [1.165, 1.54) is 38.4 Å². The van der Waals surface area contributed by atoms with Gasteiger partial charge in [0.25, 0.3) is 0 Å². The van der Waals surface area contributed by atoms with Crippen molar-refractivity contribution in [2.75, 3.05) is 20.6 Å². The van der Waals surface area contributed by atoms with Crippen LogP contribution in [0.25, 0.3) is 10.9 Å². The molecule has 7 amide bonds. The van der Waals surface area contributed by atoms with Gasteiger partial charge in [0, 0.05) is 44.0 Å². The van der Waals surface area contributed by atoms with Crippen LogP contribution >= 0.6 is 0 Å². The number of aromatic amines is 1. The molecule has 0 radical (unpaired) electrons. The molecule has 0 aliphatic carbocycles. The summed E-state index contributed by atoms with van der Waals surface area (Å²) < 4.78 is 35.3. The number of unbranched alkanes of at least 4 members (excludes halogenated alkanes) is 1. The van der Waals surface area contributed by atoms with E-state index in [0.717, 1.165) is 20.7 Å². The first-order valence-corrected chi connectivity index (χ1v) is 24.0. The predicted octanol–water partition coefficient (Wildman–Crippen LogP) is 1.80. The third kappa shape index (κ3) is 16.4. The van der Waals surface area contributed by atoms with Crippen molar-refractivity contribution >= 4 is 68.6 Å². The van der Waals surface area contributed by atoms with Crippen molar-refractivity contribution in [3.63, 3.8) is 0 Å². The number of carboxylic acids is 1. The molecule has 22 heteroatoms. The molecule has 70 heavy (non-hydrogen) atoms. The lowest BCUT2D eigenvalue weighted by molar-refractivity contribution is -0.152. The Morgan fingerprint density at radius 1 is 0.757 bits per heavy atom. The fraction of sp³-hybridized carbons (Fsp3) is 0.417. The van der Waals surface area contributed by atoms with Gasteiger partial charge in [-0.25, -0.2) is 0 Å². The number of para-hydroxylation sites is 1. The highest BCUT2D eigenvalue weighted by molar-refractivity contribution is 7.81. The molecule has 0 saturated carbocycles. The molecule has 21 nitrogen and oxygen atoms in total. The van der Waals surface area contributed by atoms with E-state index in [2.05, 4.69) is 30.4 Å². The number of aromatic nitrogens is 1. The molecule has 6 atom stereocenters. The monoisotopic (exact) mass is 990 g/mol. The van der Waals surface area contributed by atoms with E-state index < -0.39 is 107 Å². The summed E-state index contributed by atoms with van der Waals surface area (Å²) >= 11 is 0. The Labute approximate surface area is 406 Å². The molecule has 0 aliphatic rings. The number of hydrogen-bond donors (Lipinski definition) is 8. The molecule has 378 valence electrons. The van der Waals surface area contributed by atoms with Crippen LogP contribution in [0.3, 0.4) is 0 Å². The van der Waals surface area contributed by atoms with Crippen LogP contribution in [0.1, 0.15) is 69.6 Å². The van der Waals surface area contributed by atoms with Crippen LogP contribution in [0, 0.1) is 5.92 Å². The van der Waals surface area contributed by atoms with Gasteiger partial charge in [-0.1, -0.05) is 101 Å². The normalized spacial score (nSPS) is 13.9. The average Bonchev–Trinajstić information content (AvgIpc) is 3.73. The number of carbonyl (C=O) groups is 8. The Hall–Kier alpha value is -7.33. The van der Waals surface area contributed by atoms with Crippen molar-refractivity contribution in [3.8, 4) is 5.75 Å². The van der Waals surface area contributed by atoms with Crippen LogP contribution in [-0.4, -0.2) is 131 Å². The number of amides is 7. The number of fused-ring (bicyclic) bond motifs is 1. The number of carboxylic acid groups (broad SMARTS) is 1. The van der Waals surface area contributed by atoms with Gasteiger partial charge in [-0.2, -0.15) is 8.42 Å². The molecule has 0 bridgehead atoms. The fourth-order valence-corrected chi connectivity index (χ4v) is 8.03. The van der Waals surface area contributed by atoms with Crippen LogP contribution in [0.4, 0.5) is 0 Å². The maximum Gasteiger partial charge on any atom is 0.446 e. The van der Waals surface area contributed by atoms with Gasteiger partial charge in [-0.3, -0.25) is 42.9 Å². The third-order valence-electron chi connectivity index (χ3n) is 11.8. The molecule has 1 aromatic heterocycles. The number of nitrogens with zero attached hydrogens (tertiary/aromatic N) is 2. The summed E-state index contributed by atoms with van der Waals surface area (Å²) in [7, 11) is -2.23. The number of nitrogens with two attached hydrogens (primary N) is 1. The summed E-state index contributed by atoms with van der Waals surface area (Å²) in [5.74, 6) is -7.58. The van der Waals surface area contributed by atoms with Crippen LogP contribution in [0.15, 0.2) is 85.1 Å². The molecule has 3 aromatic carbocycles. The number of likely N-dealkylation sites (N-methyl/N-ethyl adjacent to an activating group) is 2. The predicted molar refractivity (Wildman–Crippen MR) is 257 cm³/mol. The minimum Gasteiger partial charge on any atom is -0.481 e. The first kappa shape index (κ1) is 55.3. The number of benzene rings is 3. The smallest absolute Gasteiger partial charge is 0.446 e. The van der Waals surface area contributed by atoms with Gasteiger partial charge in [-0.05, 0) is 47.2 Å². The molecule has 4 rings (SSSR count). The minimum atomic E-state index is -4.75. The van der Waals surface area contributed by atoms with Crippen LogP contribution in [-0.2, 0) is 68.0 Å². The topological polar surface area (TPSA) is 317 Å². The van der Waals surface area contributed by atoms with Gasteiger partial charge >= 0.3 is 16.4 Å². The van der Waals surface area contributed by atoms with Crippen molar-refractivity contribution in [2.45, 2.75) is 102 Å². The first-order chi connectivity index (χ1) is 33.1. The van der Waals surface area contributed by atoms with E-state index in [4.69, 9.17) is 10.3 Å². The lowest BCUT2D eigenvalue weighted by Gasteiger charge is -2.36. The summed E-state index contributed by atoms with van der Waals surface area (Å²) in [5, 5.41) is 21.3. The second-order valence-corrected chi connectivity index (χ2v) is 18.0. The minimum absolute atomic E-state index is 0.0180. The second-order valence-electron chi connectivity index (χ2n) is 17.0. The van der Waals surface area contributed by atoms with Gasteiger partial charge in [0.15, 0.2) is 0 Å². The van der Waals surface area contributed by atoms with Crippen molar-refractivity contribution in [3.05, 3.63) is 102 Å². The Morgan fingerprint density at radius 2 is 1.39 bits per heavy atom. The zero-order valence-electron chi connectivity index (χ0n) is 39.7. The summed E-state index contributed by atoms with van der Waals surface area (Å²) in [6.07, 6.45) is 2.31. The maximum atomic E-state index is 14.5. The van der Waals surface area contributed by atoms with E-state index in [-0.39, 0.29) is 31.4 Å². The quantitative estimate of drug-likeness (QED) is 0.0396. The SMILES string of the molecule is CCCC[C@H](NC(=O)Cc1ccc(OS(=O)(=O)O)cc1)C(=O)NCC(=O)N[C@@H](Cc1c[nH]c2ccccc12)C(=O)N[C@H](C(=O)N(C)[C@@H](CC(=O)O)C(=O)N(C)[C@@H](Cc1ccccc1)C(N)=O)[C@@H](C)CC. The number of primary amides is 1. The van der Waals surface area contributed by atoms with E-state index in [0.29, 0.717) is 36.0 Å². The maximum absolute atomic E-state index is 14.5. The van der Waals surface area contributed by atoms with Crippen LogP contribution < -0.4 is 31.2 Å². The average molecular weight is 991 g/mol. The molecule has 0 spiro atoms. The lowest BCUT2D eigenvalue weighted by Crippen LogP contribution is -2.60. The van der Waals surface area contributed by atoms with Gasteiger partial charge < -0.3 is 51.1 Å². The molecule has 9 N–H and O–H groups in total. The van der Waals surface area contributed by atoms with Crippen molar-refractivity contribution in [2.24, 2.45) is 11.7 Å². The van der Waals surface area contributed by atoms with Crippen molar-refractivity contribution in [1.29, 1.82) is 0 Å². The Balaban J connectivity index is 1.53. The van der Waals surface area contributed by atoms with E-state index >= 15 is 0 Å².